The van der Waals surface area contributed by atoms with Gasteiger partial charge >= 0.3 is 0 Å². The zero-order chi connectivity index (χ0) is 21.1. The molecule has 0 N–H and O–H groups in total. The summed E-state index contributed by atoms with van der Waals surface area (Å²) in [6, 6.07) is 4.10. The molecule has 0 aromatic carbocycles. The fourth-order valence-corrected chi connectivity index (χ4v) is 7.99. The minimum absolute atomic E-state index is 0.0249. The minimum Gasteiger partial charge on any atom is -0.342 e. The second-order valence-corrected chi connectivity index (χ2v) is 12.2. The first-order chi connectivity index (χ1) is 14.5. The highest BCUT2D eigenvalue weighted by molar-refractivity contribution is 7.91. The molecule has 4 heterocycles. The Morgan fingerprint density at radius 2 is 1.67 bits per heavy atom. The summed E-state index contributed by atoms with van der Waals surface area (Å²) in [5.74, 6) is 0.516. The van der Waals surface area contributed by atoms with Crippen LogP contribution in [-0.4, -0.2) is 73.7 Å². The topological polar surface area (TPSA) is 60.9 Å². The standard InChI is InChI=1S/C22H35N3O3S2/c1-18(19-7-15-25(16-8-19)30(27,28)21-6-5-17-29-21)22(26)24-13-9-20(10-14-24)23-11-3-2-4-12-23/h5-6,17-20H,2-4,7-16H2,1H3. The lowest BCUT2D eigenvalue weighted by Crippen LogP contribution is -2.50. The number of hydrogen-bond acceptors (Lipinski definition) is 5. The van der Waals surface area contributed by atoms with Gasteiger partial charge in [-0.25, -0.2) is 8.42 Å². The largest absolute Gasteiger partial charge is 0.342 e. The molecule has 1 aromatic heterocycles. The summed E-state index contributed by atoms with van der Waals surface area (Å²) in [7, 11) is -3.37. The summed E-state index contributed by atoms with van der Waals surface area (Å²) < 4.78 is 27.5. The molecule has 3 saturated heterocycles. The third-order valence-corrected chi connectivity index (χ3v) is 10.6. The molecule has 3 aliphatic heterocycles. The van der Waals surface area contributed by atoms with Gasteiger partial charge in [0, 0.05) is 38.1 Å². The Balaban J connectivity index is 1.26. The molecule has 0 spiro atoms. The quantitative estimate of drug-likeness (QED) is 0.687. The number of likely N-dealkylation sites (tertiary alicyclic amines) is 2. The van der Waals surface area contributed by atoms with E-state index in [9.17, 15) is 13.2 Å². The van der Waals surface area contributed by atoms with E-state index in [2.05, 4.69) is 9.80 Å². The van der Waals surface area contributed by atoms with Crippen LogP contribution in [0.3, 0.4) is 0 Å². The van der Waals surface area contributed by atoms with E-state index in [1.807, 2.05) is 6.92 Å². The molecule has 8 heteroatoms. The Morgan fingerprint density at radius 3 is 2.27 bits per heavy atom. The minimum atomic E-state index is -3.37. The SMILES string of the molecule is CC(C(=O)N1CCC(N2CCCCC2)CC1)C1CCN(S(=O)(=O)c2cccs2)CC1. The van der Waals surface area contributed by atoms with Gasteiger partial charge in [-0.3, -0.25) is 4.79 Å². The summed E-state index contributed by atoms with van der Waals surface area (Å²) in [5, 5.41) is 1.80. The van der Waals surface area contributed by atoms with Crippen molar-refractivity contribution in [3.05, 3.63) is 17.5 Å². The second-order valence-electron chi connectivity index (χ2n) is 9.12. The highest BCUT2D eigenvalue weighted by Crippen LogP contribution is 2.31. The Labute approximate surface area is 185 Å². The average Bonchev–Trinajstić information content (AvgIpc) is 3.35. The van der Waals surface area contributed by atoms with Gasteiger partial charge in [0.15, 0.2) is 0 Å². The number of carbonyl (C=O) groups is 1. The van der Waals surface area contributed by atoms with E-state index in [1.165, 1.54) is 43.7 Å². The molecule has 168 valence electrons. The van der Waals surface area contributed by atoms with Gasteiger partial charge in [0.25, 0.3) is 10.0 Å². The van der Waals surface area contributed by atoms with Crippen molar-refractivity contribution in [2.24, 2.45) is 11.8 Å². The maximum atomic E-state index is 13.1. The summed E-state index contributed by atoms with van der Waals surface area (Å²) in [4.78, 5) is 17.8. The van der Waals surface area contributed by atoms with E-state index in [4.69, 9.17) is 0 Å². The number of carbonyl (C=O) groups excluding carboxylic acids is 1. The van der Waals surface area contributed by atoms with Crippen molar-refractivity contribution >= 4 is 27.3 Å². The first-order valence-electron chi connectivity index (χ1n) is 11.5. The Kier molecular flexibility index (Phi) is 7.17. The molecule has 3 fully saturated rings. The summed E-state index contributed by atoms with van der Waals surface area (Å²) >= 11 is 1.27. The highest BCUT2D eigenvalue weighted by Gasteiger charge is 2.36. The molecule has 0 bridgehead atoms. The number of piperidine rings is 3. The van der Waals surface area contributed by atoms with Gasteiger partial charge < -0.3 is 9.80 Å². The van der Waals surface area contributed by atoms with Crippen molar-refractivity contribution in [1.29, 1.82) is 0 Å². The molecule has 3 aliphatic rings. The fourth-order valence-electron chi connectivity index (χ4n) is 5.38. The van der Waals surface area contributed by atoms with E-state index in [0.717, 1.165) is 38.8 Å². The zero-order valence-corrected chi connectivity index (χ0v) is 19.7. The monoisotopic (exact) mass is 453 g/mol. The van der Waals surface area contributed by atoms with Crippen molar-refractivity contribution in [1.82, 2.24) is 14.1 Å². The lowest BCUT2D eigenvalue weighted by atomic mass is 9.84. The number of thiophene rings is 1. The van der Waals surface area contributed by atoms with Crippen molar-refractivity contribution in [2.75, 3.05) is 39.3 Å². The van der Waals surface area contributed by atoms with Crippen LogP contribution in [-0.2, 0) is 14.8 Å². The number of rotatable bonds is 5. The van der Waals surface area contributed by atoms with Gasteiger partial charge in [-0.2, -0.15) is 4.31 Å². The number of nitrogens with zero attached hydrogens (tertiary/aromatic N) is 3. The van der Waals surface area contributed by atoms with E-state index in [-0.39, 0.29) is 17.7 Å². The van der Waals surface area contributed by atoms with Gasteiger partial charge in [0.2, 0.25) is 5.91 Å². The molecule has 1 atom stereocenters. The van der Waals surface area contributed by atoms with Crippen LogP contribution in [0, 0.1) is 11.8 Å². The molecule has 0 saturated carbocycles. The van der Waals surface area contributed by atoms with Crippen LogP contribution in [0.2, 0.25) is 0 Å². The van der Waals surface area contributed by atoms with Crippen LogP contribution >= 0.6 is 11.3 Å². The summed E-state index contributed by atoms with van der Waals surface area (Å²) in [6.45, 7) is 7.27. The maximum Gasteiger partial charge on any atom is 0.252 e. The van der Waals surface area contributed by atoms with Crippen LogP contribution in [0.15, 0.2) is 21.7 Å². The molecular formula is C22H35N3O3S2. The summed E-state index contributed by atoms with van der Waals surface area (Å²) in [6.07, 6.45) is 7.71. The maximum absolute atomic E-state index is 13.1. The number of sulfonamides is 1. The fraction of sp³-hybridized carbons (Fsp3) is 0.773. The molecule has 30 heavy (non-hydrogen) atoms. The Hall–Kier alpha value is -0.960. The molecule has 0 aliphatic carbocycles. The van der Waals surface area contributed by atoms with E-state index in [0.29, 0.717) is 23.3 Å². The first kappa shape index (κ1) is 22.2. The lowest BCUT2D eigenvalue weighted by molar-refractivity contribution is -0.138. The van der Waals surface area contributed by atoms with Gasteiger partial charge in [-0.15, -0.1) is 11.3 Å². The van der Waals surface area contributed by atoms with Gasteiger partial charge in [-0.05, 0) is 69.0 Å². The summed E-state index contributed by atoms with van der Waals surface area (Å²) in [5.41, 5.74) is 0. The number of hydrogen-bond donors (Lipinski definition) is 0. The molecule has 1 aromatic rings. The second kappa shape index (κ2) is 9.67. The van der Waals surface area contributed by atoms with Crippen LogP contribution in [0.1, 0.15) is 51.9 Å². The third-order valence-electron chi connectivity index (χ3n) is 7.37. The molecular weight excluding hydrogens is 418 g/mol. The molecule has 1 amide bonds. The van der Waals surface area contributed by atoms with Crippen molar-refractivity contribution in [3.8, 4) is 0 Å². The van der Waals surface area contributed by atoms with E-state index >= 15 is 0 Å². The van der Waals surface area contributed by atoms with E-state index < -0.39 is 10.0 Å². The average molecular weight is 454 g/mol. The highest BCUT2D eigenvalue weighted by atomic mass is 32.2. The molecule has 6 nitrogen and oxygen atoms in total. The van der Waals surface area contributed by atoms with Gasteiger partial charge in [0.1, 0.15) is 4.21 Å². The van der Waals surface area contributed by atoms with Crippen molar-refractivity contribution in [2.45, 2.75) is 62.1 Å². The lowest BCUT2D eigenvalue weighted by Gasteiger charge is -2.41. The Bertz CT molecular complexity index is 790. The van der Waals surface area contributed by atoms with Crippen LogP contribution in [0.25, 0.3) is 0 Å². The van der Waals surface area contributed by atoms with Crippen molar-refractivity contribution < 1.29 is 13.2 Å². The van der Waals surface area contributed by atoms with Gasteiger partial charge in [0.05, 0.1) is 0 Å². The van der Waals surface area contributed by atoms with Crippen LogP contribution in [0.4, 0.5) is 0 Å². The molecule has 4 rings (SSSR count). The zero-order valence-electron chi connectivity index (χ0n) is 18.0. The van der Waals surface area contributed by atoms with Gasteiger partial charge in [-0.1, -0.05) is 19.4 Å². The van der Waals surface area contributed by atoms with E-state index in [1.54, 1.807) is 21.8 Å². The first-order valence-corrected chi connectivity index (χ1v) is 13.9. The molecule has 0 radical (unpaired) electrons. The Morgan fingerprint density at radius 1 is 1.00 bits per heavy atom. The normalized spacial score (nSPS) is 24.8. The number of amides is 1. The van der Waals surface area contributed by atoms with Crippen molar-refractivity contribution in [3.63, 3.8) is 0 Å². The smallest absolute Gasteiger partial charge is 0.252 e. The predicted molar refractivity (Wildman–Crippen MR) is 120 cm³/mol. The van der Waals surface area contributed by atoms with Crippen LogP contribution in [0.5, 0.6) is 0 Å². The predicted octanol–water partition coefficient (Wildman–Crippen LogP) is 3.26. The molecule has 1 unspecified atom stereocenters. The van der Waals surface area contributed by atoms with Crippen LogP contribution < -0.4 is 0 Å². The third kappa shape index (κ3) is 4.76.